The Morgan fingerprint density at radius 2 is 1.47 bits per heavy atom. The second-order valence-electron chi connectivity index (χ2n) is 11.7. The molecule has 2 N–H and O–H groups in total. The minimum absolute atomic E-state index is 0.200. The lowest BCUT2D eigenvalue weighted by Crippen LogP contribution is -2.37. The Bertz CT molecular complexity index is 1970. The SMILES string of the molecule is CNCC(NC1=CCCC(N2c3ccccc3-c3ccccc3-c3ccc4c(oc5ccccc54)c32)C1)c1ccccc1. The molecule has 5 aromatic carbocycles. The summed E-state index contributed by atoms with van der Waals surface area (Å²) < 4.78 is 6.76. The zero-order valence-electron chi connectivity index (χ0n) is 24.4. The van der Waals surface area contributed by atoms with Gasteiger partial charge in [-0.2, -0.15) is 0 Å². The monoisotopic (exact) mass is 561 g/mol. The molecule has 1 aliphatic heterocycles. The average Bonchev–Trinajstić information content (AvgIpc) is 3.39. The van der Waals surface area contributed by atoms with E-state index in [9.17, 15) is 0 Å². The van der Waals surface area contributed by atoms with Crippen LogP contribution in [0, 0.1) is 0 Å². The molecule has 1 aromatic heterocycles. The lowest BCUT2D eigenvalue weighted by Gasteiger charge is -2.38. The number of para-hydroxylation sites is 2. The molecular formula is C39H35N3O. The van der Waals surface area contributed by atoms with Crippen LogP contribution in [0.1, 0.15) is 30.9 Å². The van der Waals surface area contributed by atoms with Gasteiger partial charge in [-0.15, -0.1) is 0 Å². The van der Waals surface area contributed by atoms with E-state index < -0.39 is 0 Å². The van der Waals surface area contributed by atoms with Crippen molar-refractivity contribution in [1.29, 1.82) is 0 Å². The summed E-state index contributed by atoms with van der Waals surface area (Å²) >= 11 is 0. The van der Waals surface area contributed by atoms with Crippen LogP contribution in [-0.2, 0) is 0 Å². The number of allylic oxidation sites excluding steroid dienone is 1. The van der Waals surface area contributed by atoms with Crippen molar-refractivity contribution in [3.63, 3.8) is 0 Å². The molecule has 0 bridgehead atoms. The van der Waals surface area contributed by atoms with Crippen molar-refractivity contribution < 1.29 is 4.42 Å². The fraction of sp³-hybridized carbons (Fsp3) is 0.179. The Hall–Kier alpha value is -4.80. The summed E-state index contributed by atoms with van der Waals surface area (Å²) in [4.78, 5) is 2.61. The number of hydrogen-bond acceptors (Lipinski definition) is 4. The first-order valence-electron chi connectivity index (χ1n) is 15.4. The standard InChI is InChI=1S/C39H35N3O/c1-40-25-35(26-12-3-2-4-13-26)41-27-14-11-15-28(24-27)42-36-20-9-7-18-31(36)29-16-5-6-17-30(29)33-22-23-34-32-19-8-10-21-37(32)43-39(34)38(33)42/h2-10,12-14,16-23,28,35,40-41H,11,15,24-25H2,1H3. The third kappa shape index (κ3) is 4.41. The largest absolute Gasteiger partial charge is 0.454 e. The van der Waals surface area contributed by atoms with Gasteiger partial charge in [0, 0.05) is 52.3 Å². The Balaban J connectivity index is 1.29. The smallest absolute Gasteiger partial charge is 0.159 e. The van der Waals surface area contributed by atoms with Gasteiger partial charge in [0.2, 0.25) is 0 Å². The third-order valence-corrected chi connectivity index (χ3v) is 9.11. The molecule has 4 nitrogen and oxygen atoms in total. The highest BCUT2D eigenvalue weighted by atomic mass is 16.3. The van der Waals surface area contributed by atoms with Crippen LogP contribution in [-0.4, -0.2) is 19.6 Å². The number of rotatable bonds is 6. The molecule has 0 saturated heterocycles. The zero-order valence-corrected chi connectivity index (χ0v) is 24.4. The van der Waals surface area contributed by atoms with Crippen LogP contribution in [0.3, 0.4) is 0 Å². The first-order chi connectivity index (χ1) is 21.3. The molecule has 1 aliphatic carbocycles. The first-order valence-corrected chi connectivity index (χ1v) is 15.4. The van der Waals surface area contributed by atoms with Crippen molar-refractivity contribution in [2.75, 3.05) is 18.5 Å². The highest BCUT2D eigenvalue weighted by Gasteiger charge is 2.34. The number of furan rings is 1. The molecule has 0 spiro atoms. The summed E-state index contributed by atoms with van der Waals surface area (Å²) in [6.07, 6.45) is 5.41. The summed E-state index contributed by atoms with van der Waals surface area (Å²) in [5, 5.41) is 9.65. The van der Waals surface area contributed by atoms with E-state index >= 15 is 0 Å². The minimum atomic E-state index is 0.200. The van der Waals surface area contributed by atoms with E-state index in [0.717, 1.165) is 42.4 Å². The number of likely N-dealkylation sites (N-methyl/N-ethyl adjacent to an activating group) is 1. The lowest BCUT2D eigenvalue weighted by atomic mass is 9.93. The maximum atomic E-state index is 6.76. The molecule has 212 valence electrons. The molecular weight excluding hydrogens is 526 g/mol. The maximum absolute atomic E-state index is 6.76. The van der Waals surface area contributed by atoms with Gasteiger partial charge in [-0.05, 0) is 54.8 Å². The van der Waals surface area contributed by atoms with Crippen molar-refractivity contribution in [1.82, 2.24) is 10.6 Å². The number of fused-ring (bicyclic) bond motifs is 9. The highest BCUT2D eigenvalue weighted by Crippen LogP contribution is 2.53. The Morgan fingerprint density at radius 3 is 2.30 bits per heavy atom. The molecule has 2 unspecified atom stereocenters. The molecule has 2 atom stereocenters. The quantitative estimate of drug-likeness (QED) is 0.213. The summed E-state index contributed by atoms with van der Waals surface area (Å²) in [6.45, 7) is 0.857. The van der Waals surface area contributed by atoms with E-state index in [-0.39, 0.29) is 12.1 Å². The number of anilines is 2. The fourth-order valence-corrected chi connectivity index (χ4v) is 7.19. The zero-order chi connectivity index (χ0) is 28.8. The van der Waals surface area contributed by atoms with E-state index in [0.29, 0.717) is 0 Å². The van der Waals surface area contributed by atoms with Gasteiger partial charge in [0.05, 0.1) is 11.7 Å². The second kappa shape index (κ2) is 10.8. The van der Waals surface area contributed by atoms with Gasteiger partial charge < -0.3 is 20.0 Å². The number of hydrogen-bond donors (Lipinski definition) is 2. The van der Waals surface area contributed by atoms with Crippen molar-refractivity contribution in [2.45, 2.75) is 31.3 Å². The highest BCUT2D eigenvalue weighted by molar-refractivity contribution is 6.15. The van der Waals surface area contributed by atoms with Crippen molar-refractivity contribution in [3.8, 4) is 22.3 Å². The van der Waals surface area contributed by atoms with E-state index in [1.165, 1.54) is 50.3 Å². The summed E-state index contributed by atoms with van der Waals surface area (Å²) in [7, 11) is 2.02. The van der Waals surface area contributed by atoms with Crippen LogP contribution < -0.4 is 15.5 Å². The van der Waals surface area contributed by atoms with Crippen LogP contribution in [0.5, 0.6) is 0 Å². The van der Waals surface area contributed by atoms with Gasteiger partial charge in [0.1, 0.15) is 5.58 Å². The second-order valence-corrected chi connectivity index (χ2v) is 11.7. The van der Waals surface area contributed by atoms with Crippen LogP contribution in [0.2, 0.25) is 0 Å². The van der Waals surface area contributed by atoms with Crippen LogP contribution in [0.15, 0.2) is 131 Å². The van der Waals surface area contributed by atoms with Crippen molar-refractivity contribution in [3.05, 3.63) is 133 Å². The van der Waals surface area contributed by atoms with E-state index in [4.69, 9.17) is 4.42 Å². The summed E-state index contributed by atoms with van der Waals surface area (Å²) in [6, 6.07) is 41.9. The molecule has 6 aromatic rings. The fourth-order valence-electron chi connectivity index (χ4n) is 7.19. The summed E-state index contributed by atoms with van der Waals surface area (Å²) in [5.41, 5.74) is 11.9. The third-order valence-electron chi connectivity index (χ3n) is 9.11. The summed E-state index contributed by atoms with van der Waals surface area (Å²) in [5.74, 6) is 0. The maximum Gasteiger partial charge on any atom is 0.159 e. The van der Waals surface area contributed by atoms with Gasteiger partial charge in [0.15, 0.2) is 5.58 Å². The van der Waals surface area contributed by atoms with Crippen molar-refractivity contribution >= 4 is 33.3 Å². The Kier molecular flexibility index (Phi) is 6.50. The minimum Gasteiger partial charge on any atom is -0.454 e. The molecule has 2 aliphatic rings. The van der Waals surface area contributed by atoms with Crippen LogP contribution in [0.4, 0.5) is 11.4 Å². The Labute approximate surface area is 252 Å². The number of nitrogens with zero attached hydrogens (tertiary/aromatic N) is 1. The van der Waals surface area contributed by atoms with Gasteiger partial charge in [0.25, 0.3) is 0 Å². The van der Waals surface area contributed by atoms with Gasteiger partial charge in [-0.3, -0.25) is 0 Å². The first kappa shape index (κ1) is 25.9. The predicted octanol–water partition coefficient (Wildman–Crippen LogP) is 9.36. The van der Waals surface area contributed by atoms with Crippen LogP contribution in [0.25, 0.3) is 44.2 Å². The molecule has 4 heteroatoms. The number of benzene rings is 5. The predicted molar refractivity (Wildman–Crippen MR) is 179 cm³/mol. The topological polar surface area (TPSA) is 40.4 Å². The van der Waals surface area contributed by atoms with E-state index in [1.807, 2.05) is 7.05 Å². The van der Waals surface area contributed by atoms with Gasteiger partial charge >= 0.3 is 0 Å². The Morgan fingerprint density at radius 1 is 0.744 bits per heavy atom. The molecule has 0 fully saturated rings. The number of nitrogens with one attached hydrogen (secondary N) is 2. The van der Waals surface area contributed by atoms with Gasteiger partial charge in [-0.1, -0.05) is 103 Å². The normalized spacial score (nSPS) is 16.6. The molecule has 2 heterocycles. The molecule has 43 heavy (non-hydrogen) atoms. The average molecular weight is 562 g/mol. The van der Waals surface area contributed by atoms with Crippen LogP contribution >= 0.6 is 0 Å². The molecule has 8 rings (SSSR count). The molecule has 0 radical (unpaired) electrons. The van der Waals surface area contributed by atoms with E-state index in [1.54, 1.807) is 0 Å². The molecule has 0 amide bonds. The van der Waals surface area contributed by atoms with E-state index in [2.05, 4.69) is 137 Å². The van der Waals surface area contributed by atoms with Gasteiger partial charge in [-0.25, -0.2) is 0 Å². The molecule has 0 saturated carbocycles. The lowest BCUT2D eigenvalue weighted by molar-refractivity contribution is 0.496. The van der Waals surface area contributed by atoms with Crippen molar-refractivity contribution in [2.24, 2.45) is 0 Å².